The first-order valence-corrected chi connectivity index (χ1v) is 13.3. The molecule has 2 aliphatic rings. The monoisotopic (exact) mass is 487 g/mol. The zero-order chi connectivity index (χ0) is 24.7. The number of piperidine rings is 2. The third-order valence-corrected chi connectivity index (χ3v) is 7.36. The van der Waals surface area contributed by atoms with E-state index in [1.807, 2.05) is 24.3 Å². The van der Waals surface area contributed by atoms with Crippen molar-refractivity contribution in [3.05, 3.63) is 71.1 Å². The molecule has 3 aromatic rings. The van der Waals surface area contributed by atoms with E-state index in [1.54, 1.807) is 0 Å². The summed E-state index contributed by atoms with van der Waals surface area (Å²) in [5, 5.41) is 7.30. The van der Waals surface area contributed by atoms with E-state index in [4.69, 9.17) is 4.52 Å². The average Bonchev–Trinajstić information content (AvgIpc) is 3.37. The summed E-state index contributed by atoms with van der Waals surface area (Å²) < 4.78 is 5.50. The number of nitrogens with one attached hydrogen (secondary N) is 1. The molecule has 2 aliphatic heterocycles. The first-order valence-electron chi connectivity index (χ1n) is 13.3. The normalized spacial score (nSPS) is 19.3. The smallest absolute Gasteiger partial charge is 0.241 e. The minimum absolute atomic E-state index is 0.0170. The molecule has 7 heteroatoms. The fourth-order valence-electron chi connectivity index (χ4n) is 5.22. The molecule has 36 heavy (non-hydrogen) atoms. The molecule has 1 unspecified atom stereocenters. The van der Waals surface area contributed by atoms with Crippen molar-refractivity contribution >= 4 is 5.91 Å². The Bertz CT molecular complexity index is 1120. The molecule has 190 valence electrons. The second-order valence-corrected chi connectivity index (χ2v) is 10.3. The third-order valence-electron chi connectivity index (χ3n) is 7.36. The number of hydrogen-bond acceptors (Lipinski definition) is 6. The van der Waals surface area contributed by atoms with Crippen LogP contribution in [0.25, 0.3) is 11.4 Å². The molecule has 0 aliphatic carbocycles. The van der Waals surface area contributed by atoms with Gasteiger partial charge < -0.3 is 9.84 Å². The highest BCUT2D eigenvalue weighted by atomic mass is 16.5. The molecule has 1 aromatic heterocycles. The van der Waals surface area contributed by atoms with Crippen molar-refractivity contribution in [3.63, 3.8) is 0 Å². The molecule has 2 saturated heterocycles. The van der Waals surface area contributed by atoms with Crippen LogP contribution in [0.15, 0.2) is 53.1 Å². The van der Waals surface area contributed by atoms with Crippen LogP contribution in [0, 0.1) is 12.8 Å². The van der Waals surface area contributed by atoms with Crippen molar-refractivity contribution in [1.82, 2.24) is 25.3 Å². The van der Waals surface area contributed by atoms with Gasteiger partial charge in [0, 0.05) is 25.2 Å². The summed E-state index contributed by atoms with van der Waals surface area (Å²) in [5.74, 6) is 1.31. The quantitative estimate of drug-likeness (QED) is 0.502. The maximum atomic E-state index is 12.9. The van der Waals surface area contributed by atoms with Gasteiger partial charge in [-0.2, -0.15) is 4.98 Å². The number of amides is 1. The van der Waals surface area contributed by atoms with Gasteiger partial charge >= 0.3 is 0 Å². The molecule has 7 nitrogen and oxygen atoms in total. The van der Waals surface area contributed by atoms with Gasteiger partial charge in [0.25, 0.3) is 0 Å². The maximum absolute atomic E-state index is 12.9. The zero-order valence-electron chi connectivity index (χ0n) is 21.3. The zero-order valence-corrected chi connectivity index (χ0v) is 21.3. The molecule has 0 bridgehead atoms. The number of benzene rings is 2. The van der Waals surface area contributed by atoms with Crippen molar-refractivity contribution < 1.29 is 9.32 Å². The first kappa shape index (κ1) is 24.7. The summed E-state index contributed by atoms with van der Waals surface area (Å²) in [6, 6.07) is 16.8. The van der Waals surface area contributed by atoms with Crippen molar-refractivity contribution in [1.29, 1.82) is 0 Å². The van der Waals surface area contributed by atoms with Gasteiger partial charge in [-0.1, -0.05) is 65.7 Å². The van der Waals surface area contributed by atoms with Crippen molar-refractivity contribution in [2.75, 3.05) is 26.2 Å². The molecule has 0 radical (unpaired) electrons. The first-order chi connectivity index (χ1) is 17.6. The maximum Gasteiger partial charge on any atom is 0.241 e. The van der Waals surface area contributed by atoms with Crippen molar-refractivity contribution in [3.8, 4) is 11.4 Å². The van der Waals surface area contributed by atoms with E-state index in [2.05, 4.69) is 56.4 Å². The topological polar surface area (TPSA) is 74.5 Å². The summed E-state index contributed by atoms with van der Waals surface area (Å²) in [6.07, 6.45) is 5.88. The van der Waals surface area contributed by atoms with Gasteiger partial charge in [0.1, 0.15) is 0 Å². The fourth-order valence-corrected chi connectivity index (χ4v) is 5.22. The van der Waals surface area contributed by atoms with Gasteiger partial charge in [0.05, 0.1) is 12.5 Å². The minimum Gasteiger partial charge on any atom is -0.352 e. The number of carbonyl (C=O) groups is 1. The Labute approximate surface area is 213 Å². The number of rotatable bonds is 8. The van der Waals surface area contributed by atoms with Crippen molar-refractivity contribution in [2.24, 2.45) is 5.92 Å². The van der Waals surface area contributed by atoms with Crippen LogP contribution < -0.4 is 5.32 Å². The SMILES string of the molecule is Cc1ccc(-c2noc(CN3CCCC(C(=O)NCc4ccc(CN5CCCCC5)cc4)C3)n2)cc1. The van der Waals surface area contributed by atoms with Crippen molar-refractivity contribution in [2.45, 2.75) is 58.7 Å². The number of likely N-dealkylation sites (tertiary alicyclic amines) is 2. The highest BCUT2D eigenvalue weighted by molar-refractivity contribution is 5.79. The molecule has 0 spiro atoms. The molecule has 5 rings (SSSR count). The van der Waals surface area contributed by atoms with Gasteiger partial charge in [-0.05, 0) is 63.4 Å². The lowest BCUT2D eigenvalue weighted by atomic mass is 9.97. The Morgan fingerprint density at radius 1 is 0.917 bits per heavy atom. The summed E-state index contributed by atoms with van der Waals surface area (Å²) >= 11 is 0. The number of hydrogen-bond donors (Lipinski definition) is 1. The Morgan fingerprint density at radius 3 is 2.42 bits per heavy atom. The number of aromatic nitrogens is 2. The highest BCUT2D eigenvalue weighted by Gasteiger charge is 2.27. The molecule has 2 aromatic carbocycles. The van der Waals surface area contributed by atoms with E-state index in [9.17, 15) is 4.79 Å². The molecule has 0 saturated carbocycles. The summed E-state index contributed by atoms with van der Waals surface area (Å²) in [5.41, 5.74) is 4.64. The van der Waals surface area contributed by atoms with E-state index < -0.39 is 0 Å². The highest BCUT2D eigenvalue weighted by Crippen LogP contribution is 2.21. The lowest BCUT2D eigenvalue weighted by Gasteiger charge is -2.30. The molecule has 1 amide bonds. The summed E-state index contributed by atoms with van der Waals surface area (Å²) in [4.78, 5) is 22.3. The molecule has 2 fully saturated rings. The Balaban J connectivity index is 1.09. The number of nitrogens with zero attached hydrogens (tertiary/aromatic N) is 4. The Hall–Kier alpha value is -3.03. The van der Waals surface area contributed by atoms with E-state index in [-0.39, 0.29) is 11.8 Å². The standard InChI is InChI=1S/C29H37N5O2/c1-22-7-13-25(14-8-22)28-31-27(36-32-28)21-34-17-5-6-26(20-34)29(35)30-18-23-9-11-24(12-10-23)19-33-15-3-2-4-16-33/h7-14,26H,2-6,15-21H2,1H3,(H,30,35). The Kier molecular flexibility index (Phi) is 8.08. The largest absolute Gasteiger partial charge is 0.352 e. The lowest BCUT2D eigenvalue weighted by Crippen LogP contribution is -2.42. The lowest BCUT2D eigenvalue weighted by molar-refractivity contribution is -0.127. The minimum atomic E-state index is -0.0170. The molecule has 1 atom stereocenters. The second kappa shape index (κ2) is 11.8. The van der Waals surface area contributed by atoms with Crippen LogP contribution in [-0.2, 0) is 24.4 Å². The molecular weight excluding hydrogens is 450 g/mol. The van der Waals surface area contributed by atoms with E-state index in [0.29, 0.717) is 31.3 Å². The average molecular weight is 488 g/mol. The van der Waals surface area contributed by atoms with Crippen LogP contribution in [0.5, 0.6) is 0 Å². The van der Waals surface area contributed by atoms with Crippen LogP contribution in [0.4, 0.5) is 0 Å². The molecular formula is C29H37N5O2. The number of carbonyl (C=O) groups excluding carboxylic acids is 1. The fraction of sp³-hybridized carbons (Fsp3) is 0.483. The van der Waals surface area contributed by atoms with Crippen LogP contribution >= 0.6 is 0 Å². The summed E-state index contributed by atoms with van der Waals surface area (Å²) in [6.45, 7) is 8.28. The molecule has 3 heterocycles. The Morgan fingerprint density at radius 2 is 1.64 bits per heavy atom. The van der Waals surface area contributed by atoms with E-state index >= 15 is 0 Å². The third kappa shape index (κ3) is 6.59. The van der Waals surface area contributed by atoms with Crippen LogP contribution in [-0.4, -0.2) is 52.0 Å². The van der Waals surface area contributed by atoms with Gasteiger partial charge in [-0.25, -0.2) is 0 Å². The van der Waals surface area contributed by atoms with Gasteiger partial charge in [0.2, 0.25) is 17.6 Å². The molecule has 1 N–H and O–H groups in total. The summed E-state index contributed by atoms with van der Waals surface area (Å²) in [7, 11) is 0. The van der Waals surface area contributed by atoms with E-state index in [0.717, 1.165) is 37.1 Å². The van der Waals surface area contributed by atoms with Crippen LogP contribution in [0.2, 0.25) is 0 Å². The van der Waals surface area contributed by atoms with Crippen LogP contribution in [0.3, 0.4) is 0 Å². The second-order valence-electron chi connectivity index (χ2n) is 10.3. The predicted octanol–water partition coefficient (Wildman–Crippen LogP) is 4.56. The number of aryl methyl sites for hydroxylation is 1. The predicted molar refractivity (Wildman–Crippen MR) is 140 cm³/mol. The van der Waals surface area contributed by atoms with Gasteiger partial charge in [-0.3, -0.25) is 14.6 Å². The van der Waals surface area contributed by atoms with E-state index in [1.165, 1.54) is 43.5 Å². The van der Waals surface area contributed by atoms with Gasteiger partial charge in [-0.15, -0.1) is 0 Å². The van der Waals surface area contributed by atoms with Gasteiger partial charge in [0.15, 0.2) is 0 Å². The van der Waals surface area contributed by atoms with Crippen LogP contribution in [0.1, 0.15) is 54.7 Å².